The largest absolute Gasteiger partial charge is 0.392 e. The van der Waals surface area contributed by atoms with Crippen LogP contribution in [0.5, 0.6) is 0 Å². The molecule has 2 aromatic carbocycles. The fourth-order valence-corrected chi connectivity index (χ4v) is 3.15. The summed E-state index contributed by atoms with van der Waals surface area (Å²) in [5.74, 6) is 0. The van der Waals surface area contributed by atoms with Gasteiger partial charge in [0.15, 0.2) is 0 Å². The van der Waals surface area contributed by atoms with Crippen molar-refractivity contribution >= 4 is 10.0 Å². The van der Waals surface area contributed by atoms with Gasteiger partial charge in [0.25, 0.3) is 0 Å². The van der Waals surface area contributed by atoms with E-state index in [1.54, 1.807) is 12.1 Å². The summed E-state index contributed by atoms with van der Waals surface area (Å²) in [5.41, 5.74) is 3.17. The SMILES string of the molecule is CNS(=O)(=O)c1ccc(C(C)NCCc2ccc(CO)cc2)cc1. The minimum absolute atomic E-state index is 0.0643. The molecule has 0 bridgehead atoms. The predicted molar refractivity (Wildman–Crippen MR) is 95.2 cm³/mol. The van der Waals surface area contributed by atoms with E-state index in [-0.39, 0.29) is 17.5 Å². The van der Waals surface area contributed by atoms with Crippen molar-refractivity contribution in [1.82, 2.24) is 10.0 Å². The summed E-state index contributed by atoms with van der Waals surface area (Å²) in [4.78, 5) is 0.268. The molecule has 0 saturated carbocycles. The molecule has 0 aliphatic heterocycles. The third-order valence-corrected chi connectivity index (χ3v) is 5.46. The summed E-state index contributed by atoms with van der Waals surface area (Å²) in [6.07, 6.45) is 0.891. The molecule has 0 fully saturated rings. The highest BCUT2D eigenvalue weighted by Gasteiger charge is 2.12. The first-order valence-electron chi connectivity index (χ1n) is 7.92. The average Bonchev–Trinajstić information content (AvgIpc) is 2.62. The van der Waals surface area contributed by atoms with Gasteiger partial charge >= 0.3 is 0 Å². The lowest BCUT2D eigenvalue weighted by Crippen LogP contribution is -2.22. The van der Waals surface area contributed by atoms with E-state index in [0.717, 1.165) is 24.1 Å². The van der Waals surface area contributed by atoms with Gasteiger partial charge in [0.05, 0.1) is 11.5 Å². The second-order valence-corrected chi connectivity index (χ2v) is 7.56. The fraction of sp³-hybridized carbons (Fsp3) is 0.333. The molecule has 0 aliphatic rings. The van der Waals surface area contributed by atoms with Gasteiger partial charge in [0, 0.05) is 6.04 Å². The summed E-state index contributed by atoms with van der Waals surface area (Å²) in [5, 5.41) is 12.5. The van der Waals surface area contributed by atoms with E-state index in [2.05, 4.69) is 17.0 Å². The molecule has 1 atom stereocenters. The Labute approximate surface area is 143 Å². The van der Waals surface area contributed by atoms with Crippen molar-refractivity contribution < 1.29 is 13.5 Å². The highest BCUT2D eigenvalue weighted by Crippen LogP contribution is 2.16. The van der Waals surface area contributed by atoms with Crippen LogP contribution >= 0.6 is 0 Å². The average molecular weight is 348 g/mol. The molecule has 3 N–H and O–H groups in total. The van der Waals surface area contributed by atoms with Crippen LogP contribution in [-0.4, -0.2) is 27.1 Å². The monoisotopic (exact) mass is 348 g/mol. The van der Waals surface area contributed by atoms with Crippen molar-refractivity contribution in [2.75, 3.05) is 13.6 Å². The van der Waals surface area contributed by atoms with Gasteiger partial charge in [-0.3, -0.25) is 0 Å². The van der Waals surface area contributed by atoms with Crippen LogP contribution in [0.4, 0.5) is 0 Å². The number of rotatable bonds is 8. The smallest absolute Gasteiger partial charge is 0.240 e. The van der Waals surface area contributed by atoms with Crippen molar-refractivity contribution in [3.05, 3.63) is 65.2 Å². The molecule has 130 valence electrons. The zero-order valence-electron chi connectivity index (χ0n) is 14.0. The fourth-order valence-electron chi connectivity index (χ4n) is 2.42. The van der Waals surface area contributed by atoms with Gasteiger partial charge in [0.2, 0.25) is 10.0 Å². The molecule has 0 spiro atoms. The Hall–Kier alpha value is -1.73. The van der Waals surface area contributed by atoms with Gasteiger partial charge in [-0.2, -0.15) is 0 Å². The van der Waals surface area contributed by atoms with Crippen LogP contribution in [0, 0.1) is 0 Å². The van der Waals surface area contributed by atoms with Crippen LogP contribution in [0.3, 0.4) is 0 Å². The molecule has 0 aliphatic carbocycles. The third kappa shape index (κ3) is 4.88. The van der Waals surface area contributed by atoms with Crippen LogP contribution in [0.15, 0.2) is 53.4 Å². The van der Waals surface area contributed by atoms with E-state index < -0.39 is 10.0 Å². The minimum atomic E-state index is -3.39. The van der Waals surface area contributed by atoms with E-state index in [9.17, 15) is 8.42 Å². The topological polar surface area (TPSA) is 78.4 Å². The van der Waals surface area contributed by atoms with Crippen molar-refractivity contribution in [3.63, 3.8) is 0 Å². The second kappa shape index (κ2) is 8.39. The number of aliphatic hydroxyl groups excluding tert-OH is 1. The molecule has 0 heterocycles. The van der Waals surface area contributed by atoms with Crippen molar-refractivity contribution in [2.24, 2.45) is 0 Å². The quantitative estimate of drug-likeness (QED) is 0.682. The maximum absolute atomic E-state index is 11.7. The first kappa shape index (κ1) is 18.6. The van der Waals surface area contributed by atoms with Crippen molar-refractivity contribution in [2.45, 2.75) is 30.9 Å². The minimum Gasteiger partial charge on any atom is -0.392 e. The maximum atomic E-state index is 11.7. The molecule has 0 saturated heterocycles. The zero-order chi connectivity index (χ0) is 17.6. The molecule has 2 rings (SSSR count). The van der Waals surface area contributed by atoms with Gasteiger partial charge in [-0.15, -0.1) is 0 Å². The lowest BCUT2D eigenvalue weighted by molar-refractivity contribution is 0.282. The standard InChI is InChI=1S/C18H24N2O3S/c1-14(17-7-9-18(10-8-17)24(22,23)19-2)20-12-11-15-3-5-16(13-21)6-4-15/h3-10,14,19-21H,11-13H2,1-2H3. The molecular weight excluding hydrogens is 324 g/mol. The second-order valence-electron chi connectivity index (χ2n) is 5.68. The molecule has 5 nitrogen and oxygen atoms in total. The van der Waals surface area contributed by atoms with E-state index in [1.807, 2.05) is 36.4 Å². The van der Waals surface area contributed by atoms with E-state index in [1.165, 1.54) is 12.6 Å². The molecular formula is C18H24N2O3S. The van der Waals surface area contributed by atoms with Gasteiger partial charge in [-0.05, 0) is 55.8 Å². The highest BCUT2D eigenvalue weighted by molar-refractivity contribution is 7.89. The molecule has 1 unspecified atom stereocenters. The molecule has 0 amide bonds. The van der Waals surface area contributed by atoms with Gasteiger partial charge in [0.1, 0.15) is 0 Å². The Bertz CT molecular complexity index is 741. The van der Waals surface area contributed by atoms with Gasteiger partial charge in [-0.25, -0.2) is 13.1 Å². The number of sulfonamides is 1. The van der Waals surface area contributed by atoms with Crippen LogP contribution in [0.25, 0.3) is 0 Å². The van der Waals surface area contributed by atoms with E-state index in [0.29, 0.717) is 0 Å². The summed E-state index contributed by atoms with van der Waals surface area (Å²) in [6, 6.07) is 14.9. The molecule has 0 radical (unpaired) electrons. The lowest BCUT2D eigenvalue weighted by Gasteiger charge is -2.15. The maximum Gasteiger partial charge on any atom is 0.240 e. The molecule has 6 heteroatoms. The summed E-state index contributed by atoms with van der Waals surface area (Å²) in [7, 11) is -1.98. The van der Waals surface area contributed by atoms with Crippen LogP contribution in [0.2, 0.25) is 0 Å². The Morgan fingerprint density at radius 3 is 2.12 bits per heavy atom. The number of hydrogen-bond acceptors (Lipinski definition) is 4. The number of nitrogens with one attached hydrogen (secondary N) is 2. The van der Waals surface area contributed by atoms with Crippen LogP contribution < -0.4 is 10.0 Å². The van der Waals surface area contributed by atoms with Crippen LogP contribution in [0.1, 0.15) is 29.7 Å². The van der Waals surface area contributed by atoms with E-state index in [4.69, 9.17) is 5.11 Å². The van der Waals surface area contributed by atoms with Crippen molar-refractivity contribution in [1.29, 1.82) is 0 Å². The Kier molecular flexibility index (Phi) is 6.51. The van der Waals surface area contributed by atoms with Crippen LogP contribution in [-0.2, 0) is 23.1 Å². The summed E-state index contributed by atoms with van der Waals surface area (Å²) in [6.45, 7) is 2.93. The summed E-state index contributed by atoms with van der Waals surface area (Å²) >= 11 is 0. The highest BCUT2D eigenvalue weighted by atomic mass is 32.2. The lowest BCUT2D eigenvalue weighted by atomic mass is 10.1. The Morgan fingerprint density at radius 1 is 1.00 bits per heavy atom. The normalized spacial score (nSPS) is 13.0. The number of hydrogen-bond donors (Lipinski definition) is 3. The van der Waals surface area contributed by atoms with Crippen molar-refractivity contribution in [3.8, 4) is 0 Å². The Morgan fingerprint density at radius 2 is 1.58 bits per heavy atom. The number of aliphatic hydroxyl groups is 1. The molecule has 0 aromatic heterocycles. The third-order valence-electron chi connectivity index (χ3n) is 4.03. The predicted octanol–water partition coefficient (Wildman–Crippen LogP) is 1.98. The molecule has 24 heavy (non-hydrogen) atoms. The van der Waals surface area contributed by atoms with Gasteiger partial charge in [-0.1, -0.05) is 36.4 Å². The van der Waals surface area contributed by atoms with Gasteiger partial charge < -0.3 is 10.4 Å². The summed E-state index contributed by atoms with van der Waals surface area (Å²) < 4.78 is 25.7. The molecule has 2 aromatic rings. The first-order valence-corrected chi connectivity index (χ1v) is 9.40. The zero-order valence-corrected chi connectivity index (χ0v) is 14.8. The first-order chi connectivity index (χ1) is 11.5. The number of benzene rings is 2. The Balaban J connectivity index is 1.89. The van der Waals surface area contributed by atoms with E-state index >= 15 is 0 Å².